The van der Waals surface area contributed by atoms with Gasteiger partial charge in [0.05, 0.1) is 0 Å². The predicted octanol–water partition coefficient (Wildman–Crippen LogP) is 3.90. The number of aromatic amines is 1. The molecule has 31 heavy (non-hydrogen) atoms. The maximum Gasteiger partial charge on any atom is 0.434 e. The molecule has 2 aromatic rings. The second-order valence-corrected chi connectivity index (χ2v) is 9.16. The highest BCUT2D eigenvalue weighted by atomic mass is 35.5. The number of nitrogens with zero attached hydrogens (tertiary/aromatic N) is 3. The summed E-state index contributed by atoms with van der Waals surface area (Å²) in [5.74, 6) is 0.812. The van der Waals surface area contributed by atoms with Crippen LogP contribution in [0.5, 0.6) is 0 Å². The highest BCUT2D eigenvalue weighted by molar-refractivity contribution is 6.34. The van der Waals surface area contributed by atoms with Crippen molar-refractivity contribution >= 4 is 29.3 Å². The Morgan fingerprint density at radius 2 is 1.77 bits per heavy atom. The first-order valence-electron chi connectivity index (χ1n) is 10.6. The second kappa shape index (κ2) is 10.1. The molecule has 0 aliphatic carbocycles. The van der Waals surface area contributed by atoms with Crippen LogP contribution in [0.4, 0.5) is 4.79 Å². The standard InChI is InChI=1S/C21H26Cl2N4O4/c22-17-9-15(10-18(23)11-17)13-30-21(29)27-7-1-14(2-8-27)12-26-5-3-16(4-6-26)19-24-25-20(28)31-19/h9-11,14,16H,1-8,12-13H2,(H,25,28). The van der Waals surface area contributed by atoms with E-state index in [1.54, 1.807) is 23.1 Å². The van der Waals surface area contributed by atoms with Crippen molar-refractivity contribution in [2.75, 3.05) is 32.7 Å². The molecule has 2 aliphatic rings. The molecule has 2 fully saturated rings. The van der Waals surface area contributed by atoms with Crippen molar-refractivity contribution in [1.29, 1.82) is 0 Å². The molecule has 2 aliphatic heterocycles. The lowest BCUT2D eigenvalue weighted by Crippen LogP contribution is -2.43. The summed E-state index contributed by atoms with van der Waals surface area (Å²) >= 11 is 12.0. The van der Waals surface area contributed by atoms with Crippen LogP contribution in [0, 0.1) is 5.92 Å². The van der Waals surface area contributed by atoms with E-state index in [0.29, 0.717) is 34.9 Å². The number of aromatic nitrogens is 2. The first-order chi connectivity index (χ1) is 15.0. The molecule has 4 rings (SSSR count). The van der Waals surface area contributed by atoms with Crippen LogP contribution in [0.3, 0.4) is 0 Å². The van der Waals surface area contributed by atoms with Gasteiger partial charge in [-0.25, -0.2) is 14.7 Å². The molecule has 0 atom stereocenters. The SMILES string of the molecule is O=C(OCc1cc(Cl)cc(Cl)c1)N1CCC(CN2CCC(c3n[nH]c(=O)o3)CC2)CC1. The minimum absolute atomic E-state index is 0.157. The molecule has 8 nitrogen and oxygen atoms in total. The van der Waals surface area contributed by atoms with Gasteiger partial charge in [-0.3, -0.25) is 0 Å². The number of rotatable bonds is 5. The van der Waals surface area contributed by atoms with Crippen molar-refractivity contribution in [3.8, 4) is 0 Å². The zero-order valence-electron chi connectivity index (χ0n) is 17.2. The average Bonchev–Trinajstić information content (AvgIpc) is 3.19. The molecule has 1 aromatic carbocycles. The number of amides is 1. The lowest BCUT2D eigenvalue weighted by Gasteiger charge is -2.36. The van der Waals surface area contributed by atoms with Crippen molar-refractivity contribution in [2.45, 2.75) is 38.2 Å². The van der Waals surface area contributed by atoms with Crippen LogP contribution < -0.4 is 5.76 Å². The first-order valence-corrected chi connectivity index (χ1v) is 11.4. The van der Waals surface area contributed by atoms with E-state index in [1.165, 1.54) is 0 Å². The molecule has 1 N–H and O–H groups in total. The number of benzene rings is 1. The summed E-state index contributed by atoms with van der Waals surface area (Å²) in [5, 5.41) is 7.35. The smallest absolute Gasteiger partial charge is 0.434 e. The zero-order valence-corrected chi connectivity index (χ0v) is 18.7. The van der Waals surface area contributed by atoms with E-state index in [0.717, 1.165) is 50.9 Å². The Morgan fingerprint density at radius 1 is 1.10 bits per heavy atom. The third-order valence-electron chi connectivity index (χ3n) is 6.07. The monoisotopic (exact) mass is 468 g/mol. The van der Waals surface area contributed by atoms with Gasteiger partial charge in [-0.2, -0.15) is 0 Å². The molecule has 168 valence electrons. The minimum Gasteiger partial charge on any atom is -0.445 e. The molecule has 0 saturated carbocycles. The van der Waals surface area contributed by atoms with Crippen LogP contribution in [0.15, 0.2) is 27.4 Å². The molecule has 3 heterocycles. The quantitative estimate of drug-likeness (QED) is 0.715. The zero-order chi connectivity index (χ0) is 21.8. The normalized spacial score (nSPS) is 19.0. The van der Waals surface area contributed by atoms with E-state index in [4.69, 9.17) is 32.4 Å². The molecule has 0 radical (unpaired) electrons. The third-order valence-corrected chi connectivity index (χ3v) is 6.50. The van der Waals surface area contributed by atoms with Crippen LogP contribution in [-0.4, -0.2) is 58.8 Å². The maximum atomic E-state index is 12.4. The number of hydrogen-bond acceptors (Lipinski definition) is 6. The Balaban J connectivity index is 1.17. The Labute approximate surface area is 190 Å². The number of carbonyl (C=O) groups excluding carboxylic acids is 1. The van der Waals surface area contributed by atoms with E-state index < -0.39 is 5.76 Å². The number of piperidine rings is 2. The van der Waals surface area contributed by atoms with Crippen molar-refractivity contribution < 1.29 is 13.9 Å². The summed E-state index contributed by atoms with van der Waals surface area (Å²) in [6, 6.07) is 5.14. The second-order valence-electron chi connectivity index (χ2n) is 8.29. The molecule has 1 aromatic heterocycles. The topological polar surface area (TPSA) is 91.7 Å². The van der Waals surface area contributed by atoms with Crippen LogP contribution >= 0.6 is 23.2 Å². The maximum absolute atomic E-state index is 12.4. The molecule has 0 unspecified atom stereocenters. The van der Waals surface area contributed by atoms with Crippen LogP contribution in [-0.2, 0) is 11.3 Å². The van der Waals surface area contributed by atoms with E-state index >= 15 is 0 Å². The van der Waals surface area contributed by atoms with Crippen molar-refractivity contribution in [1.82, 2.24) is 20.0 Å². The van der Waals surface area contributed by atoms with Gasteiger partial charge in [0, 0.05) is 35.6 Å². The Morgan fingerprint density at radius 3 is 2.39 bits per heavy atom. The number of H-pyrrole nitrogens is 1. The van der Waals surface area contributed by atoms with Crippen molar-refractivity contribution in [3.05, 3.63) is 50.2 Å². The molecule has 0 bridgehead atoms. The van der Waals surface area contributed by atoms with Gasteiger partial charge in [-0.15, -0.1) is 5.10 Å². The largest absolute Gasteiger partial charge is 0.445 e. The number of halogens is 2. The number of ether oxygens (including phenoxy) is 1. The van der Waals surface area contributed by atoms with Gasteiger partial charge in [-0.05, 0) is 68.5 Å². The summed E-state index contributed by atoms with van der Waals surface area (Å²) in [6.07, 6.45) is 3.51. The van der Waals surface area contributed by atoms with E-state index in [9.17, 15) is 9.59 Å². The molecular weight excluding hydrogens is 443 g/mol. The van der Waals surface area contributed by atoms with Crippen LogP contribution in [0.2, 0.25) is 10.0 Å². The number of likely N-dealkylation sites (tertiary alicyclic amines) is 2. The average molecular weight is 469 g/mol. The summed E-state index contributed by atoms with van der Waals surface area (Å²) < 4.78 is 10.5. The third kappa shape index (κ3) is 6.02. The summed E-state index contributed by atoms with van der Waals surface area (Å²) in [6.45, 7) is 4.52. The van der Waals surface area contributed by atoms with Gasteiger partial charge in [0.15, 0.2) is 0 Å². The lowest BCUT2D eigenvalue weighted by molar-refractivity contribution is 0.0748. The predicted molar refractivity (Wildman–Crippen MR) is 116 cm³/mol. The Bertz CT molecular complexity index is 927. The molecule has 0 spiro atoms. The number of nitrogens with one attached hydrogen (secondary N) is 1. The number of carbonyl (C=O) groups is 1. The highest BCUT2D eigenvalue weighted by Crippen LogP contribution is 2.28. The summed E-state index contributed by atoms with van der Waals surface area (Å²) in [4.78, 5) is 27.8. The molecular formula is C21H26Cl2N4O4. The summed E-state index contributed by atoms with van der Waals surface area (Å²) in [5.41, 5.74) is 0.776. The van der Waals surface area contributed by atoms with Gasteiger partial charge in [0.2, 0.25) is 5.89 Å². The van der Waals surface area contributed by atoms with Gasteiger partial charge >= 0.3 is 11.8 Å². The minimum atomic E-state index is -0.487. The van der Waals surface area contributed by atoms with Crippen LogP contribution in [0.1, 0.15) is 43.1 Å². The molecule has 10 heteroatoms. The molecule has 1 amide bonds. The molecule has 2 saturated heterocycles. The van der Waals surface area contributed by atoms with Crippen LogP contribution in [0.25, 0.3) is 0 Å². The van der Waals surface area contributed by atoms with E-state index in [1.807, 2.05) is 0 Å². The van der Waals surface area contributed by atoms with E-state index in [2.05, 4.69) is 15.1 Å². The van der Waals surface area contributed by atoms with Gasteiger partial charge in [0.1, 0.15) is 6.61 Å². The first kappa shape index (κ1) is 22.2. The van der Waals surface area contributed by atoms with Gasteiger partial charge in [0.25, 0.3) is 0 Å². The highest BCUT2D eigenvalue weighted by Gasteiger charge is 2.28. The fourth-order valence-corrected chi connectivity index (χ4v) is 4.94. The summed E-state index contributed by atoms with van der Waals surface area (Å²) in [7, 11) is 0. The fourth-order valence-electron chi connectivity index (χ4n) is 4.37. The lowest BCUT2D eigenvalue weighted by atomic mass is 9.93. The Hall–Kier alpha value is -2.03. The Kier molecular flexibility index (Phi) is 7.20. The fraction of sp³-hybridized carbons (Fsp3) is 0.571. The van der Waals surface area contributed by atoms with Crippen molar-refractivity contribution in [3.63, 3.8) is 0 Å². The van der Waals surface area contributed by atoms with Gasteiger partial charge in [-0.1, -0.05) is 23.2 Å². The van der Waals surface area contributed by atoms with Crippen molar-refractivity contribution in [2.24, 2.45) is 5.92 Å². The van der Waals surface area contributed by atoms with Gasteiger partial charge < -0.3 is 19.0 Å². The van der Waals surface area contributed by atoms with E-state index in [-0.39, 0.29) is 18.6 Å². The number of hydrogen-bond donors (Lipinski definition) is 1.